The van der Waals surface area contributed by atoms with Crippen molar-refractivity contribution in [2.75, 3.05) is 0 Å². The quantitative estimate of drug-likeness (QED) is 0.257. The summed E-state index contributed by atoms with van der Waals surface area (Å²) in [4.78, 5) is 5.45. The van der Waals surface area contributed by atoms with Gasteiger partial charge in [0.15, 0.2) is 0 Å². The lowest BCUT2D eigenvalue weighted by Crippen LogP contribution is -2.11. The van der Waals surface area contributed by atoms with Gasteiger partial charge in [0.25, 0.3) is 0 Å². The molecule has 2 N–H and O–H groups in total. The Labute approximate surface area is 198 Å². The molecular formula is C27H28N4OS. The van der Waals surface area contributed by atoms with Crippen molar-refractivity contribution >= 4 is 28.4 Å². The normalized spacial score (nSPS) is 12.2. The van der Waals surface area contributed by atoms with E-state index in [0.717, 1.165) is 32.8 Å². The molecule has 33 heavy (non-hydrogen) atoms. The predicted octanol–water partition coefficient (Wildman–Crippen LogP) is 6.76. The highest BCUT2D eigenvalue weighted by atomic mass is 32.1. The van der Waals surface area contributed by atoms with E-state index in [2.05, 4.69) is 60.7 Å². The van der Waals surface area contributed by atoms with Gasteiger partial charge < -0.3 is 10.2 Å². The van der Waals surface area contributed by atoms with Crippen molar-refractivity contribution in [3.8, 4) is 11.5 Å². The van der Waals surface area contributed by atoms with Crippen molar-refractivity contribution in [2.24, 2.45) is 10.7 Å². The summed E-state index contributed by atoms with van der Waals surface area (Å²) >= 11 is 1.57. The minimum absolute atomic E-state index is 0.000183. The molecule has 0 saturated carbocycles. The second-order valence-corrected chi connectivity index (χ2v) is 10.1. The van der Waals surface area contributed by atoms with Crippen LogP contribution in [0.4, 0.5) is 5.69 Å². The van der Waals surface area contributed by atoms with Crippen molar-refractivity contribution in [3.05, 3.63) is 94.0 Å². The van der Waals surface area contributed by atoms with Gasteiger partial charge in [-0.1, -0.05) is 57.2 Å². The van der Waals surface area contributed by atoms with Crippen LogP contribution in [0.1, 0.15) is 55.2 Å². The van der Waals surface area contributed by atoms with Crippen LogP contribution in [0.25, 0.3) is 17.0 Å². The fourth-order valence-corrected chi connectivity index (χ4v) is 3.98. The van der Waals surface area contributed by atoms with Crippen molar-refractivity contribution in [1.82, 2.24) is 10.2 Å². The first kappa shape index (κ1) is 22.7. The molecule has 0 unspecified atom stereocenters. The van der Waals surface area contributed by atoms with Gasteiger partial charge in [-0.15, -0.1) is 21.5 Å². The molecule has 4 rings (SSSR count). The lowest BCUT2D eigenvalue weighted by atomic mass is 9.84. The molecule has 0 spiro atoms. The van der Waals surface area contributed by atoms with E-state index in [1.165, 1.54) is 5.56 Å². The molecule has 2 aromatic heterocycles. The van der Waals surface area contributed by atoms with Gasteiger partial charge >= 0.3 is 0 Å². The van der Waals surface area contributed by atoms with Gasteiger partial charge in [-0.2, -0.15) is 0 Å². The Bertz CT molecular complexity index is 1290. The molecule has 168 valence electrons. The lowest BCUT2D eigenvalue weighted by Gasteiger charge is -2.21. The Morgan fingerprint density at radius 2 is 1.85 bits per heavy atom. The first-order valence-corrected chi connectivity index (χ1v) is 11.7. The molecule has 0 bridgehead atoms. The summed E-state index contributed by atoms with van der Waals surface area (Å²) in [5.41, 5.74) is 12.1. The molecule has 0 aliphatic rings. The van der Waals surface area contributed by atoms with Crippen LogP contribution in [0.2, 0.25) is 0 Å². The van der Waals surface area contributed by atoms with Crippen LogP contribution in [-0.2, 0) is 11.8 Å². The highest BCUT2D eigenvalue weighted by Gasteiger charge is 2.18. The van der Waals surface area contributed by atoms with Crippen LogP contribution in [0.5, 0.6) is 0 Å². The Kier molecular flexibility index (Phi) is 6.29. The van der Waals surface area contributed by atoms with Crippen molar-refractivity contribution in [2.45, 2.75) is 39.5 Å². The smallest absolute Gasteiger partial charge is 0.247 e. The Morgan fingerprint density at radius 3 is 2.48 bits per heavy atom. The number of hydrogen-bond donors (Lipinski definition) is 1. The van der Waals surface area contributed by atoms with Crippen LogP contribution in [-0.4, -0.2) is 16.0 Å². The Hall–Kier alpha value is -3.51. The van der Waals surface area contributed by atoms with E-state index in [1.807, 2.05) is 48.7 Å². The van der Waals surface area contributed by atoms with E-state index >= 15 is 0 Å². The SMILES string of the molecule is C=C(C)c1cc(-c2nnc(Cc3ccc(N=C(N)c4cccs4)cc3)o2)cc(C(C)(C)C)c1. The maximum absolute atomic E-state index is 6.08. The van der Waals surface area contributed by atoms with Crippen LogP contribution in [0.3, 0.4) is 0 Å². The Morgan fingerprint density at radius 1 is 1.09 bits per heavy atom. The average Bonchev–Trinajstić information content (AvgIpc) is 3.47. The highest BCUT2D eigenvalue weighted by Crippen LogP contribution is 2.31. The number of aromatic nitrogens is 2. The van der Waals surface area contributed by atoms with E-state index in [0.29, 0.717) is 24.0 Å². The molecule has 0 radical (unpaired) electrons. The monoisotopic (exact) mass is 456 g/mol. The van der Waals surface area contributed by atoms with E-state index in [1.54, 1.807) is 11.3 Å². The van der Waals surface area contributed by atoms with Crippen LogP contribution in [0.15, 0.2) is 76.0 Å². The standard InChI is InChI=1S/C27H28N4OS/c1-17(2)19-14-20(16-21(15-19)27(3,4)5)26-31-30-24(32-26)13-18-8-10-22(11-9-18)29-25(28)23-7-6-12-33-23/h6-12,14-16H,1,13H2,2-5H3,(H2,28,29). The summed E-state index contributed by atoms with van der Waals surface area (Å²) in [5.74, 6) is 1.60. The third-order valence-corrected chi connectivity index (χ3v) is 6.21. The van der Waals surface area contributed by atoms with E-state index < -0.39 is 0 Å². The molecule has 2 aromatic carbocycles. The average molecular weight is 457 g/mol. The third kappa shape index (κ3) is 5.46. The summed E-state index contributed by atoms with van der Waals surface area (Å²) < 4.78 is 6.02. The fourth-order valence-electron chi connectivity index (χ4n) is 3.35. The van der Waals surface area contributed by atoms with Gasteiger partial charge in [-0.3, -0.25) is 0 Å². The molecule has 2 heterocycles. The number of rotatable bonds is 6. The highest BCUT2D eigenvalue weighted by molar-refractivity contribution is 7.12. The molecule has 0 aliphatic heterocycles. The molecule has 6 heteroatoms. The summed E-state index contributed by atoms with van der Waals surface area (Å²) in [6.45, 7) is 12.7. The topological polar surface area (TPSA) is 77.3 Å². The third-order valence-electron chi connectivity index (χ3n) is 5.32. The number of benzene rings is 2. The van der Waals surface area contributed by atoms with Gasteiger partial charge in [0.1, 0.15) is 5.84 Å². The van der Waals surface area contributed by atoms with Crippen molar-refractivity contribution in [1.29, 1.82) is 0 Å². The molecule has 0 saturated heterocycles. The van der Waals surface area contributed by atoms with E-state index in [-0.39, 0.29) is 5.41 Å². The fraction of sp³-hybridized carbons (Fsp3) is 0.222. The summed E-state index contributed by atoms with van der Waals surface area (Å²) in [6.07, 6.45) is 0.545. The summed E-state index contributed by atoms with van der Waals surface area (Å²) in [5, 5.41) is 10.6. The molecule has 0 atom stereocenters. The zero-order chi connectivity index (χ0) is 23.6. The minimum atomic E-state index is 0.000183. The van der Waals surface area contributed by atoms with Crippen LogP contribution in [0, 0.1) is 0 Å². The summed E-state index contributed by atoms with van der Waals surface area (Å²) in [7, 11) is 0. The van der Waals surface area contributed by atoms with Crippen LogP contribution >= 0.6 is 11.3 Å². The molecule has 0 fully saturated rings. The molecule has 4 aromatic rings. The van der Waals surface area contributed by atoms with Gasteiger partial charge in [0.05, 0.1) is 17.0 Å². The second-order valence-electron chi connectivity index (χ2n) is 9.15. The second kappa shape index (κ2) is 9.16. The largest absolute Gasteiger partial charge is 0.420 e. The van der Waals surface area contributed by atoms with E-state index in [9.17, 15) is 0 Å². The molecular weight excluding hydrogens is 428 g/mol. The number of aliphatic imine (C=N–C) groups is 1. The number of nitrogens with zero attached hydrogens (tertiary/aromatic N) is 3. The number of hydrogen-bond acceptors (Lipinski definition) is 5. The molecule has 0 amide bonds. The van der Waals surface area contributed by atoms with Gasteiger partial charge in [0.2, 0.25) is 11.8 Å². The zero-order valence-electron chi connectivity index (χ0n) is 19.4. The number of thiophene rings is 1. The molecule has 0 aliphatic carbocycles. The first-order chi connectivity index (χ1) is 15.7. The minimum Gasteiger partial charge on any atom is -0.420 e. The van der Waals surface area contributed by atoms with E-state index in [4.69, 9.17) is 10.2 Å². The number of allylic oxidation sites excluding steroid dienone is 1. The van der Waals surface area contributed by atoms with Gasteiger partial charge in [0, 0.05) is 5.56 Å². The van der Waals surface area contributed by atoms with Crippen molar-refractivity contribution < 1.29 is 4.42 Å². The summed E-state index contributed by atoms with van der Waals surface area (Å²) in [6, 6.07) is 18.2. The van der Waals surface area contributed by atoms with Crippen molar-refractivity contribution in [3.63, 3.8) is 0 Å². The van der Waals surface area contributed by atoms with Crippen LogP contribution < -0.4 is 5.73 Å². The number of amidine groups is 1. The predicted molar refractivity (Wildman–Crippen MR) is 137 cm³/mol. The maximum Gasteiger partial charge on any atom is 0.247 e. The lowest BCUT2D eigenvalue weighted by molar-refractivity contribution is 0.517. The zero-order valence-corrected chi connectivity index (χ0v) is 20.2. The molecule has 5 nitrogen and oxygen atoms in total. The Balaban J connectivity index is 1.53. The van der Waals surface area contributed by atoms with Gasteiger partial charge in [-0.25, -0.2) is 4.99 Å². The first-order valence-electron chi connectivity index (χ1n) is 10.8. The number of nitrogens with two attached hydrogens (primary N) is 1. The maximum atomic E-state index is 6.08. The van der Waals surface area contributed by atoms with Gasteiger partial charge in [-0.05, 0) is 64.7 Å².